The summed E-state index contributed by atoms with van der Waals surface area (Å²) in [7, 11) is 1.59. The first-order valence-corrected chi connectivity index (χ1v) is 13.7. The summed E-state index contributed by atoms with van der Waals surface area (Å²) in [5.74, 6) is 0.0917. The molecule has 38 heavy (non-hydrogen) atoms. The number of hydrogen-bond donors (Lipinski definition) is 0. The number of allylic oxidation sites excluding steroid dienone is 1. The first-order chi connectivity index (χ1) is 18.5. The van der Waals surface area contributed by atoms with E-state index in [1.54, 1.807) is 30.7 Å². The maximum absolute atomic E-state index is 14.1. The molecule has 8 heteroatoms. The molecule has 6 nitrogen and oxygen atoms in total. The van der Waals surface area contributed by atoms with Gasteiger partial charge in [-0.25, -0.2) is 9.79 Å². The second kappa shape index (κ2) is 11.0. The summed E-state index contributed by atoms with van der Waals surface area (Å²) in [6, 6.07) is 18.3. The van der Waals surface area contributed by atoms with Gasteiger partial charge in [0.15, 0.2) is 4.80 Å². The summed E-state index contributed by atoms with van der Waals surface area (Å²) in [5, 5.41) is 2.40. The average molecular weight is 547 g/mol. The van der Waals surface area contributed by atoms with E-state index in [1.165, 1.54) is 11.3 Å². The van der Waals surface area contributed by atoms with Crippen molar-refractivity contribution in [2.75, 3.05) is 13.7 Å². The Bertz CT molecular complexity index is 1750. The molecule has 0 fully saturated rings. The molecule has 2 heterocycles. The molecule has 5 rings (SSSR count). The van der Waals surface area contributed by atoms with Gasteiger partial charge in [-0.2, -0.15) is 0 Å². The molecule has 1 aromatic heterocycles. The van der Waals surface area contributed by atoms with Crippen molar-refractivity contribution >= 4 is 45.8 Å². The summed E-state index contributed by atoms with van der Waals surface area (Å²) in [6.45, 7) is 4.01. The molecule has 1 atom stereocenters. The highest BCUT2D eigenvalue weighted by molar-refractivity contribution is 7.07. The monoisotopic (exact) mass is 546 g/mol. The van der Waals surface area contributed by atoms with E-state index in [-0.39, 0.29) is 12.2 Å². The number of rotatable bonds is 7. The SMILES string of the molecule is CCCC1=C(C(=O)OCC)[C@@H](c2c(OC)ccc3ccccc23)n2c(sc(=Cc3ccccc3Cl)c2=O)=N1. The Morgan fingerprint density at radius 1 is 1.11 bits per heavy atom. The van der Waals surface area contributed by atoms with Crippen molar-refractivity contribution in [2.45, 2.75) is 32.7 Å². The van der Waals surface area contributed by atoms with Crippen LogP contribution < -0.4 is 19.6 Å². The first kappa shape index (κ1) is 25.9. The number of nitrogens with zero attached hydrogens (tertiary/aromatic N) is 2. The van der Waals surface area contributed by atoms with E-state index < -0.39 is 12.0 Å². The normalized spacial score (nSPS) is 15.4. The summed E-state index contributed by atoms with van der Waals surface area (Å²) in [4.78, 5) is 33.0. The van der Waals surface area contributed by atoms with Crippen LogP contribution in [-0.4, -0.2) is 24.3 Å². The Hall–Kier alpha value is -3.68. The molecule has 0 aliphatic carbocycles. The molecule has 3 aromatic carbocycles. The molecule has 0 spiro atoms. The smallest absolute Gasteiger partial charge is 0.338 e. The van der Waals surface area contributed by atoms with E-state index in [2.05, 4.69) is 0 Å². The van der Waals surface area contributed by atoms with E-state index in [0.717, 1.165) is 28.3 Å². The van der Waals surface area contributed by atoms with Gasteiger partial charge in [0.1, 0.15) is 11.8 Å². The third-order valence-electron chi connectivity index (χ3n) is 6.51. The molecule has 4 aromatic rings. The zero-order valence-corrected chi connectivity index (χ0v) is 22.9. The number of thiazole rings is 1. The number of hydrogen-bond acceptors (Lipinski definition) is 6. The molecule has 0 saturated heterocycles. The second-order valence-electron chi connectivity index (χ2n) is 8.84. The quantitative estimate of drug-likeness (QED) is 0.291. The van der Waals surface area contributed by atoms with Crippen molar-refractivity contribution in [1.29, 1.82) is 0 Å². The molecule has 1 aliphatic rings. The first-order valence-electron chi connectivity index (χ1n) is 12.5. The Balaban J connectivity index is 1.89. The van der Waals surface area contributed by atoms with Crippen molar-refractivity contribution in [3.8, 4) is 5.75 Å². The van der Waals surface area contributed by atoms with E-state index in [0.29, 0.717) is 37.8 Å². The molecule has 0 bridgehead atoms. The second-order valence-corrected chi connectivity index (χ2v) is 10.3. The lowest BCUT2D eigenvalue weighted by atomic mass is 9.90. The van der Waals surface area contributed by atoms with Crippen LogP contribution in [0, 0.1) is 0 Å². The topological polar surface area (TPSA) is 69.9 Å². The molecule has 0 saturated carbocycles. The highest BCUT2D eigenvalue weighted by Gasteiger charge is 2.37. The number of ether oxygens (including phenoxy) is 2. The van der Waals surface area contributed by atoms with Gasteiger partial charge in [0.25, 0.3) is 5.56 Å². The maximum Gasteiger partial charge on any atom is 0.338 e. The number of carbonyl (C=O) groups excluding carboxylic acids is 1. The van der Waals surface area contributed by atoms with Crippen LogP contribution in [0.15, 0.2) is 81.7 Å². The fourth-order valence-corrected chi connectivity index (χ4v) is 6.06. The van der Waals surface area contributed by atoms with Crippen LogP contribution in [0.25, 0.3) is 16.8 Å². The van der Waals surface area contributed by atoms with Gasteiger partial charge < -0.3 is 9.47 Å². The molecular weight excluding hydrogens is 520 g/mol. The molecule has 194 valence electrons. The van der Waals surface area contributed by atoms with Crippen molar-refractivity contribution in [3.63, 3.8) is 0 Å². The van der Waals surface area contributed by atoms with Crippen LogP contribution in [0.3, 0.4) is 0 Å². The van der Waals surface area contributed by atoms with E-state index in [9.17, 15) is 9.59 Å². The third kappa shape index (κ3) is 4.57. The van der Waals surface area contributed by atoms with Crippen molar-refractivity contribution in [3.05, 3.63) is 108 Å². The zero-order chi connectivity index (χ0) is 26.8. The van der Waals surface area contributed by atoms with Gasteiger partial charge in [-0.3, -0.25) is 9.36 Å². The van der Waals surface area contributed by atoms with E-state index in [1.807, 2.05) is 61.5 Å². The van der Waals surface area contributed by atoms with Gasteiger partial charge in [0.05, 0.1) is 29.5 Å². The molecule has 1 aliphatic heterocycles. The summed E-state index contributed by atoms with van der Waals surface area (Å²) in [6.07, 6.45) is 3.11. The Morgan fingerprint density at radius 3 is 2.61 bits per heavy atom. The molecule has 0 unspecified atom stereocenters. The number of carbonyl (C=O) groups is 1. The Morgan fingerprint density at radius 2 is 1.87 bits per heavy atom. The number of methoxy groups -OCH3 is 1. The van der Waals surface area contributed by atoms with Gasteiger partial charge in [-0.15, -0.1) is 0 Å². The minimum atomic E-state index is -0.777. The molecule has 0 radical (unpaired) electrons. The minimum absolute atomic E-state index is 0.206. The van der Waals surface area contributed by atoms with E-state index >= 15 is 0 Å². The summed E-state index contributed by atoms with van der Waals surface area (Å²) in [5.41, 5.74) is 2.18. The Kier molecular flexibility index (Phi) is 7.49. The van der Waals surface area contributed by atoms with Gasteiger partial charge >= 0.3 is 5.97 Å². The van der Waals surface area contributed by atoms with Crippen LogP contribution in [0.5, 0.6) is 5.75 Å². The number of fused-ring (bicyclic) bond motifs is 2. The molecule has 0 amide bonds. The lowest BCUT2D eigenvalue weighted by Gasteiger charge is -2.28. The van der Waals surface area contributed by atoms with Crippen molar-refractivity contribution < 1.29 is 14.3 Å². The maximum atomic E-state index is 14.1. The standard InChI is InChI=1S/C30H27ClN2O4S/c1-4-10-22-26(29(35)37-5-2)27(25-20-13-8-6-11-18(20)15-16-23(25)36-3)33-28(34)24(38-30(33)32-22)17-19-12-7-9-14-21(19)31/h6-9,11-17,27H,4-5,10H2,1-3H3/t27-/m1/s1. The number of aromatic nitrogens is 1. The molecular formula is C30H27ClN2O4S. The van der Waals surface area contributed by atoms with Gasteiger partial charge in [-0.1, -0.05) is 84.8 Å². The fourth-order valence-electron chi connectivity index (χ4n) is 4.86. The van der Waals surface area contributed by atoms with Gasteiger partial charge in [-0.05, 0) is 47.9 Å². The predicted molar refractivity (Wildman–Crippen MR) is 152 cm³/mol. The predicted octanol–water partition coefficient (Wildman–Crippen LogP) is 5.39. The Labute approximate surface area is 229 Å². The number of esters is 1. The van der Waals surface area contributed by atoms with Crippen LogP contribution in [0.1, 0.15) is 43.9 Å². The lowest BCUT2D eigenvalue weighted by Crippen LogP contribution is -2.40. The van der Waals surface area contributed by atoms with Crippen molar-refractivity contribution in [1.82, 2.24) is 4.57 Å². The number of halogens is 1. The molecule has 0 N–H and O–H groups in total. The fraction of sp³-hybridized carbons (Fsp3) is 0.233. The highest BCUT2D eigenvalue weighted by Crippen LogP contribution is 2.41. The zero-order valence-electron chi connectivity index (χ0n) is 21.4. The third-order valence-corrected chi connectivity index (χ3v) is 7.84. The highest BCUT2D eigenvalue weighted by atomic mass is 35.5. The minimum Gasteiger partial charge on any atom is -0.496 e. The van der Waals surface area contributed by atoms with Crippen molar-refractivity contribution in [2.24, 2.45) is 4.99 Å². The van der Waals surface area contributed by atoms with Gasteiger partial charge in [0.2, 0.25) is 0 Å². The lowest BCUT2D eigenvalue weighted by molar-refractivity contribution is -0.139. The van der Waals surface area contributed by atoms with Crippen LogP contribution in [-0.2, 0) is 9.53 Å². The van der Waals surface area contributed by atoms with Gasteiger partial charge in [0, 0.05) is 10.6 Å². The summed E-state index contributed by atoms with van der Waals surface area (Å²) >= 11 is 7.68. The average Bonchev–Trinajstić information content (AvgIpc) is 3.23. The van der Waals surface area contributed by atoms with Crippen LogP contribution in [0.2, 0.25) is 5.02 Å². The summed E-state index contributed by atoms with van der Waals surface area (Å²) < 4.78 is 13.4. The van der Waals surface area contributed by atoms with E-state index in [4.69, 9.17) is 26.1 Å². The largest absolute Gasteiger partial charge is 0.496 e. The number of benzene rings is 3. The van der Waals surface area contributed by atoms with Crippen LogP contribution >= 0.6 is 22.9 Å². The van der Waals surface area contributed by atoms with Crippen LogP contribution in [0.4, 0.5) is 0 Å².